The van der Waals surface area contributed by atoms with Gasteiger partial charge in [-0.25, -0.2) is 4.79 Å². The molecule has 2 N–H and O–H groups in total. The lowest BCUT2D eigenvalue weighted by Crippen LogP contribution is -2.37. The molecule has 1 fully saturated rings. The second kappa shape index (κ2) is 5.32. The minimum absolute atomic E-state index is 0.156. The van der Waals surface area contributed by atoms with Gasteiger partial charge in [-0.3, -0.25) is 4.90 Å². The normalized spacial score (nSPS) is 25.4. The molecule has 0 saturated carbocycles. The van der Waals surface area contributed by atoms with E-state index in [1.165, 1.54) is 12.7 Å². The predicted octanol–water partition coefficient (Wildman–Crippen LogP) is 1.81. The zero-order chi connectivity index (χ0) is 14.1. The van der Waals surface area contributed by atoms with Crippen molar-refractivity contribution in [1.29, 1.82) is 0 Å². The molecule has 2 aliphatic rings. The van der Waals surface area contributed by atoms with E-state index >= 15 is 0 Å². The molecule has 1 aromatic carbocycles. The van der Waals surface area contributed by atoms with Gasteiger partial charge in [0.25, 0.3) is 0 Å². The van der Waals surface area contributed by atoms with Gasteiger partial charge in [0.05, 0.1) is 7.11 Å². The lowest BCUT2D eigenvalue weighted by atomic mass is 10.1. The van der Waals surface area contributed by atoms with Crippen molar-refractivity contribution in [3.8, 4) is 5.75 Å². The number of nitrogens with zero attached hydrogens (tertiary/aromatic N) is 1. The number of phenols is 1. The maximum atomic E-state index is 11.3. The van der Waals surface area contributed by atoms with Crippen LogP contribution in [0.1, 0.15) is 30.0 Å². The van der Waals surface area contributed by atoms with Crippen molar-refractivity contribution in [3.05, 3.63) is 29.3 Å². The maximum Gasteiger partial charge on any atom is 0.407 e. The molecule has 1 saturated heterocycles. The predicted molar refractivity (Wildman–Crippen MR) is 74.7 cm³/mol. The molecule has 0 aromatic heterocycles. The van der Waals surface area contributed by atoms with E-state index in [0.717, 1.165) is 37.9 Å². The Bertz CT molecular complexity index is 518. The van der Waals surface area contributed by atoms with E-state index in [1.807, 2.05) is 6.07 Å². The van der Waals surface area contributed by atoms with Crippen molar-refractivity contribution >= 4 is 6.09 Å². The molecule has 2 atom stereocenters. The van der Waals surface area contributed by atoms with Crippen molar-refractivity contribution in [3.63, 3.8) is 0 Å². The molecule has 0 bridgehead atoms. The van der Waals surface area contributed by atoms with Crippen LogP contribution in [0.2, 0.25) is 0 Å². The number of hydrogen-bond acceptors (Lipinski definition) is 4. The van der Waals surface area contributed by atoms with Crippen LogP contribution in [0.3, 0.4) is 0 Å². The third kappa shape index (κ3) is 2.33. The molecule has 5 heteroatoms. The van der Waals surface area contributed by atoms with Crippen LogP contribution in [0.4, 0.5) is 4.79 Å². The first kappa shape index (κ1) is 13.2. The number of hydrogen-bond donors (Lipinski definition) is 2. The van der Waals surface area contributed by atoms with E-state index in [2.05, 4.69) is 21.0 Å². The molecule has 5 nitrogen and oxygen atoms in total. The minimum atomic E-state index is -0.360. The molecule has 20 heavy (non-hydrogen) atoms. The Balaban J connectivity index is 1.68. The van der Waals surface area contributed by atoms with Gasteiger partial charge in [0, 0.05) is 25.2 Å². The SMILES string of the molecule is COC(=O)NC1CCN(C2CCc3c(O)cccc32)C1. The molecule has 1 heterocycles. The highest BCUT2D eigenvalue weighted by atomic mass is 16.5. The monoisotopic (exact) mass is 276 g/mol. The number of fused-ring (bicyclic) bond motifs is 1. The molecular formula is C15H20N2O3. The molecule has 2 unspecified atom stereocenters. The van der Waals surface area contributed by atoms with Gasteiger partial charge in [-0.2, -0.15) is 0 Å². The van der Waals surface area contributed by atoms with E-state index in [-0.39, 0.29) is 12.1 Å². The van der Waals surface area contributed by atoms with E-state index in [1.54, 1.807) is 6.07 Å². The van der Waals surface area contributed by atoms with Crippen LogP contribution in [0.25, 0.3) is 0 Å². The summed E-state index contributed by atoms with van der Waals surface area (Å²) in [5.74, 6) is 0.411. The molecule has 1 aromatic rings. The zero-order valence-electron chi connectivity index (χ0n) is 11.6. The first-order valence-electron chi connectivity index (χ1n) is 7.08. The first-order valence-corrected chi connectivity index (χ1v) is 7.08. The van der Waals surface area contributed by atoms with Crippen LogP contribution < -0.4 is 5.32 Å². The van der Waals surface area contributed by atoms with Crippen molar-refractivity contribution in [2.45, 2.75) is 31.3 Å². The number of rotatable bonds is 2. The lowest BCUT2D eigenvalue weighted by molar-refractivity contribution is 0.165. The number of benzene rings is 1. The highest BCUT2D eigenvalue weighted by molar-refractivity contribution is 5.67. The summed E-state index contributed by atoms with van der Waals surface area (Å²) >= 11 is 0. The fourth-order valence-electron chi connectivity index (χ4n) is 3.41. The summed E-state index contributed by atoms with van der Waals surface area (Å²) in [5.41, 5.74) is 2.32. The molecule has 3 rings (SSSR count). The standard InChI is InChI=1S/C15H20N2O3/c1-20-15(19)16-10-7-8-17(9-10)13-6-5-12-11(13)3-2-4-14(12)18/h2-4,10,13,18H,5-9H2,1H3,(H,16,19). The van der Waals surface area contributed by atoms with Crippen LogP contribution in [0, 0.1) is 0 Å². The van der Waals surface area contributed by atoms with E-state index < -0.39 is 0 Å². The molecule has 0 radical (unpaired) electrons. The number of aromatic hydroxyl groups is 1. The first-order chi connectivity index (χ1) is 9.69. The number of carbonyl (C=O) groups is 1. The Kier molecular flexibility index (Phi) is 3.53. The van der Waals surface area contributed by atoms with Gasteiger partial charge >= 0.3 is 6.09 Å². The van der Waals surface area contributed by atoms with Gasteiger partial charge in [-0.1, -0.05) is 12.1 Å². The average molecular weight is 276 g/mol. The Morgan fingerprint density at radius 3 is 3.10 bits per heavy atom. The molecule has 108 valence electrons. The molecular weight excluding hydrogens is 256 g/mol. The average Bonchev–Trinajstić information content (AvgIpc) is 3.05. The Morgan fingerprint density at radius 1 is 1.45 bits per heavy atom. The summed E-state index contributed by atoms with van der Waals surface area (Å²) in [6.45, 7) is 1.81. The number of carbonyl (C=O) groups excluding carboxylic acids is 1. The number of methoxy groups -OCH3 is 1. The number of amides is 1. The highest BCUT2D eigenvalue weighted by Gasteiger charge is 2.34. The van der Waals surface area contributed by atoms with Gasteiger partial charge in [-0.15, -0.1) is 0 Å². The maximum absolute atomic E-state index is 11.3. The van der Waals surface area contributed by atoms with Crippen molar-refractivity contribution in [2.24, 2.45) is 0 Å². The van der Waals surface area contributed by atoms with Gasteiger partial charge < -0.3 is 15.2 Å². The van der Waals surface area contributed by atoms with Crippen molar-refractivity contribution < 1.29 is 14.6 Å². The molecule has 1 aliphatic carbocycles. The van der Waals surface area contributed by atoms with Crippen LogP contribution in [0.5, 0.6) is 5.75 Å². The summed E-state index contributed by atoms with van der Waals surface area (Å²) in [6.07, 6.45) is 2.55. The van der Waals surface area contributed by atoms with Gasteiger partial charge in [0.15, 0.2) is 0 Å². The third-order valence-corrected chi connectivity index (χ3v) is 4.38. The largest absolute Gasteiger partial charge is 0.508 e. The lowest BCUT2D eigenvalue weighted by Gasteiger charge is -2.25. The summed E-state index contributed by atoms with van der Waals surface area (Å²) in [4.78, 5) is 13.6. The quantitative estimate of drug-likeness (QED) is 0.865. The van der Waals surface area contributed by atoms with Crippen LogP contribution in [-0.4, -0.2) is 42.3 Å². The van der Waals surface area contributed by atoms with E-state index in [4.69, 9.17) is 0 Å². The third-order valence-electron chi connectivity index (χ3n) is 4.38. The van der Waals surface area contributed by atoms with Crippen LogP contribution in [-0.2, 0) is 11.2 Å². The van der Waals surface area contributed by atoms with Crippen molar-refractivity contribution in [2.75, 3.05) is 20.2 Å². The van der Waals surface area contributed by atoms with Gasteiger partial charge in [0.2, 0.25) is 0 Å². The second-order valence-electron chi connectivity index (χ2n) is 5.52. The fourth-order valence-corrected chi connectivity index (χ4v) is 3.41. The van der Waals surface area contributed by atoms with Crippen molar-refractivity contribution in [1.82, 2.24) is 10.2 Å². The van der Waals surface area contributed by atoms with E-state index in [0.29, 0.717) is 11.8 Å². The Morgan fingerprint density at radius 2 is 2.30 bits per heavy atom. The number of alkyl carbamates (subject to hydrolysis) is 1. The second-order valence-corrected chi connectivity index (χ2v) is 5.52. The topological polar surface area (TPSA) is 61.8 Å². The van der Waals surface area contributed by atoms with Crippen LogP contribution in [0.15, 0.2) is 18.2 Å². The summed E-state index contributed by atoms with van der Waals surface area (Å²) in [6, 6.07) is 6.29. The summed E-state index contributed by atoms with van der Waals surface area (Å²) < 4.78 is 4.64. The summed E-state index contributed by atoms with van der Waals surface area (Å²) in [5, 5.41) is 12.8. The minimum Gasteiger partial charge on any atom is -0.508 e. The molecule has 1 amide bonds. The highest BCUT2D eigenvalue weighted by Crippen LogP contribution is 2.40. The number of ether oxygens (including phenoxy) is 1. The van der Waals surface area contributed by atoms with Gasteiger partial charge in [-0.05, 0) is 36.5 Å². The smallest absolute Gasteiger partial charge is 0.407 e. The molecule has 1 aliphatic heterocycles. The number of nitrogens with one attached hydrogen (secondary N) is 1. The fraction of sp³-hybridized carbons (Fsp3) is 0.533. The van der Waals surface area contributed by atoms with E-state index in [9.17, 15) is 9.90 Å². The zero-order valence-corrected chi connectivity index (χ0v) is 11.6. The Labute approximate surface area is 118 Å². The van der Waals surface area contributed by atoms with Gasteiger partial charge in [0.1, 0.15) is 5.75 Å². The number of likely N-dealkylation sites (tertiary alicyclic amines) is 1. The summed E-state index contributed by atoms with van der Waals surface area (Å²) in [7, 11) is 1.39. The van der Waals surface area contributed by atoms with Crippen LogP contribution >= 0.6 is 0 Å². The molecule has 0 spiro atoms. The Hall–Kier alpha value is -1.75. The number of phenolic OH excluding ortho intramolecular Hbond substituents is 1.